The second-order valence-corrected chi connectivity index (χ2v) is 7.25. The highest BCUT2D eigenvalue weighted by molar-refractivity contribution is 9.10. The van der Waals surface area contributed by atoms with Crippen LogP contribution in [0.5, 0.6) is 0 Å². The Morgan fingerprint density at radius 3 is 2.47 bits per heavy atom. The van der Waals surface area contributed by atoms with Crippen molar-refractivity contribution in [3.8, 4) is 0 Å². The molecule has 1 aromatic heterocycles. The highest BCUT2D eigenvalue weighted by atomic mass is 79.9. The van der Waals surface area contributed by atoms with Crippen LogP contribution in [-0.4, -0.2) is 18.1 Å². The molecule has 0 bridgehead atoms. The van der Waals surface area contributed by atoms with Crippen LogP contribution >= 0.6 is 15.9 Å². The van der Waals surface area contributed by atoms with Crippen LogP contribution in [0, 0.1) is 0 Å². The van der Waals surface area contributed by atoms with E-state index in [1.807, 2.05) is 0 Å². The molecule has 0 saturated heterocycles. The normalized spacial score (nSPS) is 12.5. The number of halogens is 1. The topological polar surface area (TPSA) is 59.1 Å². The maximum absolute atomic E-state index is 11.8. The second kappa shape index (κ2) is 4.09. The van der Waals surface area contributed by atoms with E-state index in [9.17, 15) is 8.42 Å². The smallest absolute Gasteiger partial charge is 0.237 e. The Labute approximate surface area is 98.3 Å². The molecular weight excluding hydrogens is 280 g/mol. The molecule has 6 heteroatoms. The molecule has 1 aromatic rings. The van der Waals surface area contributed by atoms with E-state index in [0.717, 1.165) is 0 Å². The molecule has 0 aliphatic heterocycles. The van der Waals surface area contributed by atoms with Crippen LogP contribution in [0.15, 0.2) is 22.9 Å². The number of sulfonamides is 1. The summed E-state index contributed by atoms with van der Waals surface area (Å²) >= 11 is 3.18. The molecule has 0 aromatic carbocycles. The molecule has 1 N–H and O–H groups in total. The van der Waals surface area contributed by atoms with Crippen molar-refractivity contribution in [2.24, 2.45) is 0 Å². The lowest BCUT2D eigenvalue weighted by Crippen LogP contribution is -2.33. The van der Waals surface area contributed by atoms with E-state index < -0.39 is 14.8 Å². The Bertz CT molecular complexity index is 451. The average molecular weight is 293 g/mol. The molecule has 0 unspecified atom stereocenters. The van der Waals surface area contributed by atoms with Gasteiger partial charge in [0.2, 0.25) is 10.0 Å². The molecule has 0 aliphatic carbocycles. The zero-order valence-corrected chi connectivity index (χ0v) is 11.2. The van der Waals surface area contributed by atoms with E-state index in [2.05, 4.69) is 25.6 Å². The fraction of sp³-hybridized carbons (Fsp3) is 0.444. The summed E-state index contributed by atoms with van der Waals surface area (Å²) in [6, 6.07) is 3.33. The fourth-order valence-electron chi connectivity index (χ4n) is 0.760. The average Bonchev–Trinajstić information content (AvgIpc) is 2.06. The standard InChI is InChI=1S/C9H13BrN2O2S/c1-9(2,3)15(13,14)12-7-5-4-6-11-8(7)10/h4-6,12H,1-3H3. The fourth-order valence-corrected chi connectivity index (χ4v) is 2.00. The molecule has 0 radical (unpaired) electrons. The molecule has 0 amide bonds. The van der Waals surface area contributed by atoms with Gasteiger partial charge in [-0.1, -0.05) is 0 Å². The molecule has 0 fully saturated rings. The lowest BCUT2D eigenvalue weighted by atomic mass is 10.3. The van der Waals surface area contributed by atoms with E-state index in [0.29, 0.717) is 10.3 Å². The van der Waals surface area contributed by atoms with E-state index in [-0.39, 0.29) is 0 Å². The molecule has 4 nitrogen and oxygen atoms in total. The molecular formula is C9H13BrN2O2S. The Morgan fingerprint density at radius 2 is 2.00 bits per heavy atom. The van der Waals surface area contributed by atoms with Gasteiger partial charge in [-0.3, -0.25) is 4.72 Å². The van der Waals surface area contributed by atoms with Crippen molar-refractivity contribution in [1.29, 1.82) is 0 Å². The van der Waals surface area contributed by atoms with Crippen molar-refractivity contribution in [3.05, 3.63) is 22.9 Å². The van der Waals surface area contributed by atoms with Crippen LogP contribution in [0.4, 0.5) is 5.69 Å². The number of anilines is 1. The summed E-state index contributed by atoms with van der Waals surface area (Å²) in [4.78, 5) is 3.94. The van der Waals surface area contributed by atoms with E-state index in [4.69, 9.17) is 0 Å². The number of nitrogens with zero attached hydrogens (tertiary/aromatic N) is 1. The largest absolute Gasteiger partial charge is 0.280 e. The van der Waals surface area contributed by atoms with Gasteiger partial charge in [0.25, 0.3) is 0 Å². The molecule has 1 rings (SSSR count). The van der Waals surface area contributed by atoms with Crippen molar-refractivity contribution in [2.75, 3.05) is 4.72 Å². The van der Waals surface area contributed by atoms with Crippen molar-refractivity contribution < 1.29 is 8.42 Å². The van der Waals surface area contributed by atoms with Crippen molar-refractivity contribution >= 4 is 31.6 Å². The van der Waals surface area contributed by atoms with Gasteiger partial charge in [0, 0.05) is 6.20 Å². The van der Waals surface area contributed by atoms with E-state index >= 15 is 0 Å². The molecule has 1 heterocycles. The number of nitrogens with one attached hydrogen (secondary N) is 1. The third-order valence-electron chi connectivity index (χ3n) is 1.81. The first-order valence-electron chi connectivity index (χ1n) is 4.37. The Kier molecular flexibility index (Phi) is 3.40. The predicted molar refractivity (Wildman–Crippen MR) is 64.2 cm³/mol. The van der Waals surface area contributed by atoms with Crippen LogP contribution in [0.25, 0.3) is 0 Å². The summed E-state index contributed by atoms with van der Waals surface area (Å²) < 4.78 is 25.8. The van der Waals surface area contributed by atoms with Crippen LogP contribution < -0.4 is 4.72 Å². The van der Waals surface area contributed by atoms with Crippen molar-refractivity contribution in [3.63, 3.8) is 0 Å². The molecule has 0 atom stereocenters. The zero-order valence-electron chi connectivity index (χ0n) is 8.78. The zero-order chi connectivity index (χ0) is 11.7. The molecule has 15 heavy (non-hydrogen) atoms. The predicted octanol–water partition coefficient (Wildman–Crippen LogP) is 2.38. The molecule has 0 saturated carbocycles. The third-order valence-corrected chi connectivity index (χ3v) is 4.54. The highest BCUT2D eigenvalue weighted by Gasteiger charge is 2.29. The lowest BCUT2D eigenvalue weighted by Gasteiger charge is -2.20. The van der Waals surface area contributed by atoms with E-state index in [1.54, 1.807) is 39.1 Å². The van der Waals surface area contributed by atoms with Gasteiger partial charge in [0.15, 0.2) is 0 Å². The van der Waals surface area contributed by atoms with Gasteiger partial charge in [-0.2, -0.15) is 0 Å². The maximum atomic E-state index is 11.8. The van der Waals surface area contributed by atoms with Gasteiger partial charge < -0.3 is 0 Å². The number of hydrogen-bond acceptors (Lipinski definition) is 3. The summed E-state index contributed by atoms with van der Waals surface area (Å²) in [5, 5.41) is 0. The van der Waals surface area contributed by atoms with Crippen LogP contribution in [0.3, 0.4) is 0 Å². The Hall–Kier alpha value is -0.620. The minimum Gasteiger partial charge on any atom is -0.280 e. The Balaban J connectivity index is 3.03. The minimum absolute atomic E-state index is 0.451. The van der Waals surface area contributed by atoms with Gasteiger partial charge in [-0.25, -0.2) is 13.4 Å². The quantitative estimate of drug-likeness (QED) is 0.852. The molecule has 84 valence electrons. The summed E-state index contributed by atoms with van der Waals surface area (Å²) in [7, 11) is -3.39. The van der Waals surface area contributed by atoms with Gasteiger partial charge in [0.05, 0.1) is 10.4 Å². The Morgan fingerprint density at radius 1 is 1.40 bits per heavy atom. The third kappa shape index (κ3) is 2.92. The van der Waals surface area contributed by atoms with Crippen LogP contribution in [0.1, 0.15) is 20.8 Å². The monoisotopic (exact) mass is 292 g/mol. The maximum Gasteiger partial charge on any atom is 0.237 e. The summed E-state index contributed by atoms with van der Waals surface area (Å²) in [6.07, 6.45) is 1.58. The van der Waals surface area contributed by atoms with Gasteiger partial charge in [-0.05, 0) is 48.8 Å². The van der Waals surface area contributed by atoms with Gasteiger partial charge in [0.1, 0.15) is 4.60 Å². The molecule has 0 aliphatic rings. The highest BCUT2D eigenvalue weighted by Crippen LogP contribution is 2.24. The second-order valence-electron chi connectivity index (χ2n) is 4.06. The number of hydrogen-bond donors (Lipinski definition) is 1. The van der Waals surface area contributed by atoms with Gasteiger partial charge >= 0.3 is 0 Å². The summed E-state index contributed by atoms with van der Waals surface area (Å²) in [5.41, 5.74) is 0.451. The number of pyridine rings is 1. The summed E-state index contributed by atoms with van der Waals surface area (Å²) in [5.74, 6) is 0. The van der Waals surface area contributed by atoms with Crippen LogP contribution in [-0.2, 0) is 10.0 Å². The first kappa shape index (κ1) is 12.4. The summed E-state index contributed by atoms with van der Waals surface area (Å²) in [6.45, 7) is 4.92. The SMILES string of the molecule is CC(C)(C)S(=O)(=O)Nc1cccnc1Br. The van der Waals surface area contributed by atoms with Crippen LogP contribution in [0.2, 0.25) is 0 Å². The minimum atomic E-state index is -3.39. The first-order chi connectivity index (χ1) is 6.74. The van der Waals surface area contributed by atoms with Gasteiger partial charge in [-0.15, -0.1) is 0 Å². The van der Waals surface area contributed by atoms with Crippen molar-refractivity contribution in [1.82, 2.24) is 4.98 Å². The van der Waals surface area contributed by atoms with Crippen molar-refractivity contribution in [2.45, 2.75) is 25.5 Å². The molecule has 0 spiro atoms. The number of aromatic nitrogens is 1. The number of rotatable bonds is 2. The first-order valence-corrected chi connectivity index (χ1v) is 6.64. The van der Waals surface area contributed by atoms with E-state index in [1.165, 1.54) is 0 Å². The lowest BCUT2D eigenvalue weighted by molar-refractivity contribution is 0.566.